The lowest BCUT2D eigenvalue weighted by Crippen LogP contribution is -2.14. The number of aryl methyl sites for hydroxylation is 1. The van der Waals surface area contributed by atoms with E-state index in [0.717, 1.165) is 31.6 Å². The van der Waals surface area contributed by atoms with Crippen molar-refractivity contribution in [2.75, 3.05) is 7.11 Å². The molecule has 0 aliphatic heterocycles. The van der Waals surface area contributed by atoms with Crippen molar-refractivity contribution >= 4 is 31.9 Å². The monoisotopic (exact) mass is 399 g/mol. The van der Waals surface area contributed by atoms with Crippen LogP contribution in [-0.2, 0) is 13.1 Å². The number of hydrogen-bond donors (Lipinski definition) is 1. The Morgan fingerprint density at radius 3 is 2.60 bits per heavy atom. The standard InChI is InChI=1S/C14H15Br2N3O/c1-9-5-19-12(8-18-9)7-17-6-10-3-11(15)4-13(16)14(10)20-2/h3-5,8,17H,6-7H2,1-2H3. The summed E-state index contributed by atoms with van der Waals surface area (Å²) < 4.78 is 7.36. The van der Waals surface area contributed by atoms with Crippen molar-refractivity contribution in [3.63, 3.8) is 0 Å². The summed E-state index contributed by atoms with van der Waals surface area (Å²) in [5, 5.41) is 3.34. The van der Waals surface area contributed by atoms with E-state index in [1.54, 1.807) is 19.5 Å². The summed E-state index contributed by atoms with van der Waals surface area (Å²) in [7, 11) is 1.67. The molecule has 20 heavy (non-hydrogen) atoms. The fraction of sp³-hybridized carbons (Fsp3) is 0.286. The second kappa shape index (κ2) is 7.15. The highest BCUT2D eigenvalue weighted by Crippen LogP contribution is 2.32. The molecule has 0 aliphatic rings. The quantitative estimate of drug-likeness (QED) is 0.832. The Labute approximate surface area is 135 Å². The van der Waals surface area contributed by atoms with Gasteiger partial charge in [-0.05, 0) is 35.0 Å². The van der Waals surface area contributed by atoms with Crippen LogP contribution in [0.1, 0.15) is 17.0 Å². The van der Waals surface area contributed by atoms with E-state index in [4.69, 9.17) is 4.74 Å². The Balaban J connectivity index is 2.02. The van der Waals surface area contributed by atoms with Crippen LogP contribution < -0.4 is 10.1 Å². The molecule has 2 aromatic rings. The van der Waals surface area contributed by atoms with Gasteiger partial charge in [-0.2, -0.15) is 0 Å². The number of hydrogen-bond acceptors (Lipinski definition) is 4. The second-order valence-corrected chi connectivity index (χ2v) is 6.10. The van der Waals surface area contributed by atoms with Crippen LogP contribution in [0.4, 0.5) is 0 Å². The summed E-state index contributed by atoms with van der Waals surface area (Å²) in [6.07, 6.45) is 3.56. The van der Waals surface area contributed by atoms with Crippen molar-refractivity contribution in [2.24, 2.45) is 0 Å². The number of aromatic nitrogens is 2. The minimum absolute atomic E-state index is 0.667. The highest BCUT2D eigenvalue weighted by Gasteiger charge is 2.09. The number of ether oxygens (including phenoxy) is 1. The summed E-state index contributed by atoms with van der Waals surface area (Å²) in [6, 6.07) is 4.01. The smallest absolute Gasteiger partial charge is 0.137 e. The van der Waals surface area contributed by atoms with E-state index in [2.05, 4.69) is 47.1 Å². The van der Waals surface area contributed by atoms with Crippen LogP contribution in [-0.4, -0.2) is 17.1 Å². The van der Waals surface area contributed by atoms with Gasteiger partial charge in [0.2, 0.25) is 0 Å². The lowest BCUT2D eigenvalue weighted by Gasteiger charge is -2.12. The maximum atomic E-state index is 5.41. The van der Waals surface area contributed by atoms with Crippen molar-refractivity contribution in [1.82, 2.24) is 15.3 Å². The number of methoxy groups -OCH3 is 1. The van der Waals surface area contributed by atoms with Gasteiger partial charge in [0.1, 0.15) is 5.75 Å². The minimum Gasteiger partial charge on any atom is -0.495 e. The summed E-state index contributed by atoms with van der Waals surface area (Å²) in [6.45, 7) is 3.28. The highest BCUT2D eigenvalue weighted by molar-refractivity contribution is 9.11. The van der Waals surface area contributed by atoms with Crippen LogP contribution in [0.2, 0.25) is 0 Å². The Kier molecular flexibility index (Phi) is 5.51. The van der Waals surface area contributed by atoms with Crippen LogP contribution in [0.15, 0.2) is 33.5 Å². The van der Waals surface area contributed by atoms with E-state index in [0.29, 0.717) is 13.1 Å². The zero-order valence-electron chi connectivity index (χ0n) is 11.3. The van der Waals surface area contributed by atoms with Crippen molar-refractivity contribution < 1.29 is 4.74 Å². The van der Waals surface area contributed by atoms with Crippen molar-refractivity contribution in [2.45, 2.75) is 20.0 Å². The molecule has 1 aromatic carbocycles. The molecule has 0 bridgehead atoms. The number of benzene rings is 1. The molecule has 1 aromatic heterocycles. The molecule has 0 atom stereocenters. The maximum Gasteiger partial charge on any atom is 0.137 e. The average molecular weight is 401 g/mol. The first-order chi connectivity index (χ1) is 9.60. The number of rotatable bonds is 5. The highest BCUT2D eigenvalue weighted by atomic mass is 79.9. The number of nitrogens with one attached hydrogen (secondary N) is 1. The van der Waals surface area contributed by atoms with Crippen LogP contribution in [0.3, 0.4) is 0 Å². The van der Waals surface area contributed by atoms with E-state index in [9.17, 15) is 0 Å². The third-order valence-corrected chi connectivity index (χ3v) is 3.79. The number of halogens is 2. The fourth-order valence-electron chi connectivity index (χ4n) is 1.81. The van der Waals surface area contributed by atoms with E-state index < -0.39 is 0 Å². The molecule has 0 fully saturated rings. The molecular weight excluding hydrogens is 386 g/mol. The molecule has 0 spiro atoms. The topological polar surface area (TPSA) is 47.0 Å². The van der Waals surface area contributed by atoms with E-state index in [1.807, 2.05) is 19.1 Å². The number of nitrogens with zero attached hydrogens (tertiary/aromatic N) is 2. The first kappa shape index (κ1) is 15.4. The average Bonchev–Trinajstić information content (AvgIpc) is 2.40. The van der Waals surface area contributed by atoms with Crippen LogP contribution in [0.5, 0.6) is 5.75 Å². The van der Waals surface area contributed by atoms with Gasteiger partial charge in [0.05, 0.1) is 23.0 Å². The SMILES string of the molecule is COc1c(Br)cc(Br)cc1CNCc1cnc(C)cn1. The molecule has 4 nitrogen and oxygen atoms in total. The minimum atomic E-state index is 0.667. The zero-order chi connectivity index (χ0) is 14.5. The molecular formula is C14H15Br2N3O. The first-order valence-corrected chi connectivity index (χ1v) is 7.69. The van der Waals surface area contributed by atoms with Crippen molar-refractivity contribution in [1.29, 1.82) is 0 Å². The normalized spacial score (nSPS) is 10.6. The second-order valence-electron chi connectivity index (χ2n) is 4.33. The summed E-state index contributed by atoms with van der Waals surface area (Å²) >= 11 is 6.98. The van der Waals surface area contributed by atoms with Gasteiger partial charge in [0, 0.05) is 35.5 Å². The predicted octanol–water partition coefficient (Wildman–Crippen LogP) is 3.61. The van der Waals surface area contributed by atoms with Gasteiger partial charge < -0.3 is 10.1 Å². The molecule has 0 saturated heterocycles. The molecule has 0 unspecified atom stereocenters. The zero-order valence-corrected chi connectivity index (χ0v) is 14.5. The molecule has 1 N–H and O–H groups in total. The molecule has 0 saturated carbocycles. The predicted molar refractivity (Wildman–Crippen MR) is 85.7 cm³/mol. The lowest BCUT2D eigenvalue weighted by atomic mass is 10.2. The Morgan fingerprint density at radius 2 is 1.95 bits per heavy atom. The van der Waals surface area contributed by atoms with Gasteiger partial charge in [-0.15, -0.1) is 0 Å². The molecule has 0 radical (unpaired) electrons. The van der Waals surface area contributed by atoms with Gasteiger partial charge in [0.15, 0.2) is 0 Å². The largest absolute Gasteiger partial charge is 0.495 e. The molecule has 0 aliphatic carbocycles. The molecule has 2 rings (SSSR count). The molecule has 1 heterocycles. The third kappa shape index (κ3) is 4.01. The summed E-state index contributed by atoms with van der Waals surface area (Å²) in [4.78, 5) is 8.54. The Morgan fingerprint density at radius 1 is 1.15 bits per heavy atom. The van der Waals surface area contributed by atoms with Crippen molar-refractivity contribution in [3.8, 4) is 5.75 Å². The molecule has 6 heteroatoms. The van der Waals surface area contributed by atoms with E-state index >= 15 is 0 Å². The van der Waals surface area contributed by atoms with E-state index in [-0.39, 0.29) is 0 Å². The Bertz CT molecular complexity index is 588. The van der Waals surface area contributed by atoms with E-state index in [1.165, 1.54) is 0 Å². The van der Waals surface area contributed by atoms with Crippen LogP contribution in [0, 0.1) is 6.92 Å². The van der Waals surface area contributed by atoms with Gasteiger partial charge >= 0.3 is 0 Å². The van der Waals surface area contributed by atoms with Gasteiger partial charge in [-0.25, -0.2) is 0 Å². The third-order valence-electron chi connectivity index (χ3n) is 2.75. The van der Waals surface area contributed by atoms with Crippen LogP contribution >= 0.6 is 31.9 Å². The van der Waals surface area contributed by atoms with Crippen LogP contribution in [0.25, 0.3) is 0 Å². The van der Waals surface area contributed by atoms with Gasteiger partial charge in [-0.3, -0.25) is 9.97 Å². The fourth-order valence-corrected chi connectivity index (χ4v) is 3.28. The lowest BCUT2D eigenvalue weighted by molar-refractivity contribution is 0.404. The Hall–Kier alpha value is -0.980. The molecule has 106 valence electrons. The summed E-state index contributed by atoms with van der Waals surface area (Å²) in [5.41, 5.74) is 2.92. The summed E-state index contributed by atoms with van der Waals surface area (Å²) in [5.74, 6) is 0.843. The molecule has 0 amide bonds. The van der Waals surface area contributed by atoms with Gasteiger partial charge in [0.25, 0.3) is 0 Å². The first-order valence-electron chi connectivity index (χ1n) is 6.10. The maximum absolute atomic E-state index is 5.41. The van der Waals surface area contributed by atoms with Gasteiger partial charge in [-0.1, -0.05) is 15.9 Å². The van der Waals surface area contributed by atoms with Crippen molar-refractivity contribution in [3.05, 3.63) is 50.4 Å².